The number of hydrogen-bond acceptors (Lipinski definition) is 0. The lowest BCUT2D eigenvalue weighted by Crippen LogP contribution is -2.30. The van der Waals surface area contributed by atoms with E-state index < -0.39 is 10.8 Å². The van der Waals surface area contributed by atoms with Gasteiger partial charge in [0.05, 0.1) is 43.9 Å². The summed E-state index contributed by atoms with van der Waals surface area (Å²) < 4.78 is 7.39. The third-order valence-electron chi connectivity index (χ3n) is 29.9. The molecule has 1 unspecified atom stereocenters. The number of fused-ring (bicyclic) bond motifs is 20. The molecule has 138 heavy (non-hydrogen) atoms. The zero-order valence-corrected chi connectivity index (χ0v) is 75.7. The smallest absolute Gasteiger partial charge is 0.0716 e. The fourth-order valence-electron chi connectivity index (χ4n) is 24.1. The molecule has 28 rings (SSSR count). The summed E-state index contributed by atoms with van der Waals surface area (Å²) in [5.74, 6) is -0.00382. The van der Waals surface area contributed by atoms with Crippen LogP contribution in [0.4, 0.5) is 0 Å². The summed E-state index contributed by atoms with van der Waals surface area (Å²) in [6, 6.07) is 198. The molecule has 0 aliphatic heterocycles. The van der Waals surface area contributed by atoms with Crippen molar-refractivity contribution in [3.63, 3.8) is 0 Å². The molecule has 0 saturated carbocycles. The van der Waals surface area contributed by atoms with Crippen molar-refractivity contribution in [3.8, 4) is 117 Å². The van der Waals surface area contributed by atoms with Crippen molar-refractivity contribution in [2.75, 3.05) is 0 Å². The van der Waals surface area contributed by atoms with Gasteiger partial charge >= 0.3 is 0 Å². The average Bonchev–Trinajstić information content (AvgIpc) is 1.52. The largest absolute Gasteiger partial charge is 0.309 e. The Labute approximate surface area is 802 Å². The number of nitrogens with zero attached hydrogens (tertiary/aromatic N) is 3. The van der Waals surface area contributed by atoms with Crippen molar-refractivity contribution in [2.24, 2.45) is 0 Å². The normalized spacial score (nSPS) is 13.4. The lowest BCUT2D eigenvalue weighted by atomic mass is 9.65. The third kappa shape index (κ3) is 12.5. The summed E-state index contributed by atoms with van der Waals surface area (Å²) >= 11 is 0. The Balaban J connectivity index is 0.000000139. The minimum absolute atomic E-state index is 0.00382. The van der Waals surface area contributed by atoms with Gasteiger partial charge in [-0.15, -0.1) is 0 Å². The first-order valence-electron chi connectivity index (χ1n) is 48.0. The van der Waals surface area contributed by atoms with Gasteiger partial charge in [0, 0.05) is 60.9 Å². The van der Waals surface area contributed by atoms with Crippen LogP contribution in [-0.2, 0) is 10.8 Å². The van der Waals surface area contributed by atoms with Gasteiger partial charge < -0.3 is 13.7 Å². The first-order valence-corrected chi connectivity index (χ1v) is 48.0. The van der Waals surface area contributed by atoms with Gasteiger partial charge in [-0.25, -0.2) is 0 Å². The van der Waals surface area contributed by atoms with E-state index in [0.717, 1.165) is 17.1 Å². The molecule has 3 heterocycles. The lowest BCUT2D eigenvalue weighted by Gasteiger charge is -2.36. The van der Waals surface area contributed by atoms with E-state index in [9.17, 15) is 0 Å². The number of aromatic nitrogens is 3. The standard InChI is InChI=1S/C68H45N.C67H44N2/c1-5-19-45(20-6-1)47-23-17-25-51(41-47)65-57-37-35-49(50-36-40-64-61(44-50)56-32-14-16-34-63(56)69(64)54-30-18-24-48(42-54)46-21-7-2-8-22-46)43-60(57)58-38-39-59-55-31-13-15-33-62(55)68(67(59)66(58)65,52-26-9-3-10-27-52)53-28-11-4-12-29-53;1-5-19-45(20-6-1)47-23-17-29-53(41-47)68-62-34-16-14-31-55(62)58-43-49(35-39-63(58)68)50-36-40-64-59(44-50)56-37-38-61-65(66(56)69(64)54-30-18-24-48(42-54)46-21-7-2-8-22-46)57-32-13-15-33-60(57)67(61,51-25-9-3-10-26-51)52-27-11-4-12-28-52/h1-44,65H;1-44H. The van der Waals surface area contributed by atoms with Gasteiger partial charge in [0.2, 0.25) is 0 Å². The van der Waals surface area contributed by atoms with Crippen LogP contribution in [0, 0.1) is 0 Å². The van der Waals surface area contributed by atoms with Crippen molar-refractivity contribution >= 4 is 65.4 Å². The van der Waals surface area contributed by atoms with Gasteiger partial charge in [-0.1, -0.05) is 443 Å². The molecular formula is C135H89N3. The van der Waals surface area contributed by atoms with Crippen molar-refractivity contribution in [2.45, 2.75) is 16.7 Å². The van der Waals surface area contributed by atoms with Crippen LogP contribution in [0.15, 0.2) is 534 Å². The predicted molar refractivity (Wildman–Crippen MR) is 576 cm³/mol. The van der Waals surface area contributed by atoms with E-state index in [-0.39, 0.29) is 5.92 Å². The highest BCUT2D eigenvalue weighted by Crippen LogP contribution is 2.64. The molecule has 22 aromatic carbocycles. The predicted octanol–water partition coefficient (Wildman–Crippen LogP) is 34.6. The third-order valence-corrected chi connectivity index (χ3v) is 29.9. The molecule has 3 aromatic heterocycles. The first kappa shape index (κ1) is 79.9. The summed E-state index contributed by atoms with van der Waals surface area (Å²) in [6.45, 7) is 0. The van der Waals surface area contributed by atoms with Crippen LogP contribution in [0.1, 0.15) is 67.1 Å². The van der Waals surface area contributed by atoms with Gasteiger partial charge in [0.25, 0.3) is 0 Å². The average molecular weight is 1750 g/mol. The van der Waals surface area contributed by atoms with E-state index in [1.165, 1.54) is 227 Å². The summed E-state index contributed by atoms with van der Waals surface area (Å²) in [6.07, 6.45) is 0. The summed E-state index contributed by atoms with van der Waals surface area (Å²) in [4.78, 5) is 0. The Morgan fingerprint density at radius 3 is 0.993 bits per heavy atom. The maximum absolute atomic E-state index is 2.54. The van der Waals surface area contributed by atoms with E-state index >= 15 is 0 Å². The highest BCUT2D eigenvalue weighted by molar-refractivity contribution is 6.18. The van der Waals surface area contributed by atoms with Crippen molar-refractivity contribution < 1.29 is 0 Å². The molecule has 3 aliphatic rings. The monoisotopic (exact) mass is 1750 g/mol. The highest BCUT2D eigenvalue weighted by atomic mass is 15.0. The molecule has 25 aromatic rings. The maximum atomic E-state index is 2.54. The zero-order chi connectivity index (χ0) is 90.9. The molecule has 0 N–H and O–H groups in total. The van der Waals surface area contributed by atoms with E-state index in [2.05, 4.69) is 548 Å². The summed E-state index contributed by atoms with van der Waals surface area (Å²) in [7, 11) is 0. The number of hydrogen-bond donors (Lipinski definition) is 0. The van der Waals surface area contributed by atoms with E-state index in [1.807, 2.05) is 0 Å². The topological polar surface area (TPSA) is 14.8 Å². The zero-order valence-electron chi connectivity index (χ0n) is 75.7. The van der Waals surface area contributed by atoms with E-state index in [4.69, 9.17) is 0 Å². The Kier molecular flexibility index (Phi) is 18.9. The van der Waals surface area contributed by atoms with Crippen LogP contribution >= 0.6 is 0 Å². The molecule has 0 saturated heterocycles. The van der Waals surface area contributed by atoms with Crippen molar-refractivity contribution in [3.05, 3.63) is 595 Å². The van der Waals surface area contributed by atoms with Crippen LogP contribution in [0.3, 0.4) is 0 Å². The van der Waals surface area contributed by atoms with E-state index in [1.54, 1.807) is 0 Å². The number of rotatable bonds is 14. The van der Waals surface area contributed by atoms with Crippen molar-refractivity contribution in [1.82, 2.24) is 13.7 Å². The van der Waals surface area contributed by atoms with Gasteiger partial charge in [-0.3, -0.25) is 0 Å². The van der Waals surface area contributed by atoms with Crippen LogP contribution in [0.2, 0.25) is 0 Å². The molecular weight excluding hydrogens is 1660 g/mol. The maximum Gasteiger partial charge on any atom is 0.0716 e. The Morgan fingerprint density at radius 2 is 0.514 bits per heavy atom. The second kappa shape index (κ2) is 32.6. The van der Waals surface area contributed by atoms with Crippen LogP contribution in [-0.4, -0.2) is 13.7 Å². The Hall–Kier alpha value is -17.8. The number of benzene rings is 22. The van der Waals surface area contributed by atoms with Crippen LogP contribution in [0.25, 0.3) is 183 Å². The minimum atomic E-state index is -0.542. The molecule has 0 bridgehead atoms. The number of para-hydroxylation sites is 2. The van der Waals surface area contributed by atoms with Crippen LogP contribution in [0.5, 0.6) is 0 Å². The van der Waals surface area contributed by atoms with Gasteiger partial charge in [-0.05, 0) is 247 Å². The molecule has 0 amide bonds. The fraction of sp³-hybridized carbons (Fsp3) is 0.0222. The minimum Gasteiger partial charge on any atom is -0.309 e. The molecule has 3 heteroatoms. The van der Waals surface area contributed by atoms with Gasteiger partial charge in [0.1, 0.15) is 0 Å². The molecule has 0 radical (unpaired) electrons. The summed E-state index contributed by atoms with van der Waals surface area (Å²) in [5, 5.41) is 7.43. The second-order valence-corrected chi connectivity index (χ2v) is 37.1. The SMILES string of the molecule is c1ccc(-c2cccc(-n3c4ccccc4c4cc(-c5ccc6c(c5)c5ccc7c(c5n6-c5cccc(-c6ccccc6)c5)-c5ccccc5C7(c5ccccc5)c5ccccc5)ccc43)c2)cc1.c1ccc(-c2cccc(C3c4ccc(-c5ccc6c(c5)c5ccccc5n6-c5cccc(-c6ccccc6)c5)cc4-c4ccc5c(c43)C(c3ccccc3)(c3ccccc3)c3ccccc3-5)c2)cc1. The summed E-state index contributed by atoms with van der Waals surface area (Å²) in [5.41, 5.74) is 46.3. The lowest BCUT2D eigenvalue weighted by molar-refractivity contribution is 0.752. The molecule has 3 nitrogen and oxygen atoms in total. The molecule has 0 fully saturated rings. The molecule has 0 spiro atoms. The van der Waals surface area contributed by atoms with Crippen LogP contribution < -0.4 is 0 Å². The van der Waals surface area contributed by atoms with Crippen molar-refractivity contribution in [1.29, 1.82) is 0 Å². The fourth-order valence-corrected chi connectivity index (χ4v) is 24.1. The van der Waals surface area contributed by atoms with Gasteiger partial charge in [0.15, 0.2) is 0 Å². The first-order chi connectivity index (χ1) is 68.5. The molecule has 3 aliphatic carbocycles. The van der Waals surface area contributed by atoms with Gasteiger partial charge in [-0.2, -0.15) is 0 Å². The quantitative estimate of drug-likeness (QED) is 0.103. The second-order valence-electron chi connectivity index (χ2n) is 37.1. The highest BCUT2D eigenvalue weighted by Gasteiger charge is 2.52. The Morgan fingerprint density at radius 1 is 0.174 bits per heavy atom. The molecule has 644 valence electrons. The van der Waals surface area contributed by atoms with E-state index in [0.29, 0.717) is 0 Å². The Bertz CT molecular complexity index is 9020. The molecule has 1 atom stereocenters.